The number of carbonyl (C=O) groups is 1. The Morgan fingerprint density at radius 1 is 0.484 bits per heavy atom. The van der Waals surface area contributed by atoms with Gasteiger partial charge in [-0.05, 0) is 12.8 Å². The molecule has 1 aliphatic rings. The molecule has 1 aliphatic heterocycles. The third kappa shape index (κ3) is 33.6. The number of aliphatic hydroxyl groups excluding tert-OH is 6. The van der Waals surface area contributed by atoms with Crippen molar-refractivity contribution in [2.24, 2.45) is 0 Å². The predicted octanol–water partition coefficient (Wildman–Crippen LogP) is 12.0. The summed E-state index contributed by atoms with van der Waals surface area (Å²) < 4.78 is 11.2. The molecule has 1 fully saturated rings. The molecular formula is C54H107NO9. The van der Waals surface area contributed by atoms with E-state index in [0.717, 1.165) is 44.9 Å². The Morgan fingerprint density at radius 3 is 1.16 bits per heavy atom. The van der Waals surface area contributed by atoms with E-state index in [1.54, 1.807) is 0 Å². The van der Waals surface area contributed by atoms with Crippen LogP contribution in [0.3, 0.4) is 0 Å². The Balaban J connectivity index is 2.17. The van der Waals surface area contributed by atoms with Gasteiger partial charge in [-0.3, -0.25) is 4.79 Å². The second kappa shape index (κ2) is 44.6. The number of aliphatic hydroxyl groups is 6. The number of ether oxygens (including phenoxy) is 2. The van der Waals surface area contributed by atoms with E-state index in [-0.39, 0.29) is 18.9 Å². The number of nitrogens with one attached hydrogen (secondary N) is 1. The summed E-state index contributed by atoms with van der Waals surface area (Å²) in [5.74, 6) is -0.252. The summed E-state index contributed by atoms with van der Waals surface area (Å²) in [4.78, 5) is 13.0. The molecule has 1 saturated heterocycles. The van der Waals surface area contributed by atoms with Crippen molar-refractivity contribution < 1.29 is 44.9 Å². The van der Waals surface area contributed by atoms with Gasteiger partial charge in [-0.1, -0.05) is 258 Å². The van der Waals surface area contributed by atoms with Gasteiger partial charge in [-0.2, -0.15) is 0 Å². The van der Waals surface area contributed by atoms with Crippen molar-refractivity contribution in [3.8, 4) is 0 Å². The summed E-state index contributed by atoms with van der Waals surface area (Å²) >= 11 is 0. The molecule has 64 heavy (non-hydrogen) atoms. The third-order valence-corrected chi connectivity index (χ3v) is 13.8. The molecule has 0 saturated carbocycles. The minimum Gasteiger partial charge on any atom is -0.394 e. The fourth-order valence-corrected chi connectivity index (χ4v) is 9.32. The Kier molecular flexibility index (Phi) is 42.7. The second-order valence-corrected chi connectivity index (χ2v) is 19.9. The van der Waals surface area contributed by atoms with Crippen LogP contribution < -0.4 is 5.32 Å². The Hall–Kier alpha value is -0.850. The van der Waals surface area contributed by atoms with E-state index >= 15 is 0 Å². The van der Waals surface area contributed by atoms with Crippen LogP contribution >= 0.6 is 0 Å². The minimum absolute atomic E-state index is 0.252. The highest BCUT2D eigenvalue weighted by atomic mass is 16.7. The summed E-state index contributed by atoms with van der Waals surface area (Å²) in [6.45, 7) is 3.63. The molecule has 1 rings (SSSR count). The molecule has 0 radical (unpaired) electrons. The van der Waals surface area contributed by atoms with Gasteiger partial charge >= 0.3 is 0 Å². The number of carbonyl (C=O) groups excluding carboxylic acids is 1. The molecule has 0 bridgehead atoms. The van der Waals surface area contributed by atoms with Gasteiger partial charge in [0.25, 0.3) is 0 Å². The van der Waals surface area contributed by atoms with E-state index in [1.807, 2.05) is 0 Å². The molecule has 382 valence electrons. The average Bonchev–Trinajstić information content (AvgIpc) is 3.29. The first-order valence-corrected chi connectivity index (χ1v) is 27.8. The van der Waals surface area contributed by atoms with Crippen molar-refractivity contribution in [2.75, 3.05) is 13.2 Å². The van der Waals surface area contributed by atoms with Crippen LogP contribution in [-0.4, -0.2) is 98.7 Å². The molecule has 10 heteroatoms. The normalized spacial score (nSPS) is 20.4. The van der Waals surface area contributed by atoms with Crippen LogP contribution in [0.15, 0.2) is 0 Å². The summed E-state index contributed by atoms with van der Waals surface area (Å²) in [7, 11) is 0. The fourth-order valence-electron chi connectivity index (χ4n) is 9.32. The predicted molar refractivity (Wildman–Crippen MR) is 264 cm³/mol. The molecule has 0 aromatic heterocycles. The molecule has 8 atom stereocenters. The lowest BCUT2D eigenvalue weighted by molar-refractivity contribution is -0.303. The molecule has 0 aromatic carbocycles. The number of rotatable bonds is 48. The van der Waals surface area contributed by atoms with E-state index in [0.29, 0.717) is 6.42 Å². The minimum atomic E-state index is -1.60. The maximum Gasteiger partial charge on any atom is 0.220 e. The molecular weight excluding hydrogens is 807 g/mol. The lowest BCUT2D eigenvalue weighted by Crippen LogP contribution is -2.60. The lowest BCUT2D eigenvalue weighted by atomic mass is 9.98. The molecule has 1 amide bonds. The molecule has 7 N–H and O–H groups in total. The molecule has 1 heterocycles. The van der Waals surface area contributed by atoms with E-state index in [1.165, 1.54) is 205 Å². The van der Waals surface area contributed by atoms with Gasteiger partial charge in [0, 0.05) is 6.42 Å². The third-order valence-electron chi connectivity index (χ3n) is 13.8. The van der Waals surface area contributed by atoms with Crippen molar-refractivity contribution in [3.05, 3.63) is 0 Å². The van der Waals surface area contributed by atoms with Gasteiger partial charge in [-0.25, -0.2) is 0 Å². The quantitative estimate of drug-likeness (QED) is 0.0294. The van der Waals surface area contributed by atoms with Gasteiger partial charge in [0.1, 0.15) is 30.5 Å². The zero-order valence-electron chi connectivity index (χ0n) is 41.9. The van der Waals surface area contributed by atoms with Crippen molar-refractivity contribution in [1.82, 2.24) is 5.32 Å². The lowest BCUT2D eigenvalue weighted by Gasteiger charge is -2.40. The van der Waals surface area contributed by atoms with Crippen molar-refractivity contribution >= 4 is 5.91 Å². The van der Waals surface area contributed by atoms with Crippen LogP contribution in [0.25, 0.3) is 0 Å². The maximum atomic E-state index is 13.0. The zero-order chi connectivity index (χ0) is 46.7. The highest BCUT2D eigenvalue weighted by molar-refractivity contribution is 5.76. The van der Waals surface area contributed by atoms with Crippen LogP contribution in [-0.2, 0) is 14.3 Å². The van der Waals surface area contributed by atoms with Crippen LogP contribution in [0.4, 0.5) is 0 Å². The first-order chi connectivity index (χ1) is 31.3. The Morgan fingerprint density at radius 2 is 0.812 bits per heavy atom. The Bertz CT molecular complexity index is 988. The van der Waals surface area contributed by atoms with Crippen molar-refractivity contribution in [1.29, 1.82) is 0 Å². The molecule has 0 aliphatic carbocycles. The first kappa shape index (κ1) is 61.2. The molecule has 0 aromatic rings. The average molecular weight is 914 g/mol. The van der Waals surface area contributed by atoms with Gasteiger partial charge in [0.05, 0.1) is 25.4 Å². The van der Waals surface area contributed by atoms with Gasteiger partial charge in [0.15, 0.2) is 6.29 Å². The monoisotopic (exact) mass is 914 g/mol. The van der Waals surface area contributed by atoms with Crippen LogP contribution in [0.2, 0.25) is 0 Å². The van der Waals surface area contributed by atoms with E-state index in [9.17, 15) is 35.4 Å². The zero-order valence-corrected chi connectivity index (χ0v) is 41.9. The highest BCUT2D eigenvalue weighted by Gasteiger charge is 2.44. The van der Waals surface area contributed by atoms with E-state index < -0.39 is 55.6 Å². The number of hydrogen-bond donors (Lipinski definition) is 7. The summed E-state index contributed by atoms with van der Waals surface area (Å²) in [5.41, 5.74) is 0. The smallest absolute Gasteiger partial charge is 0.220 e. The van der Waals surface area contributed by atoms with Gasteiger partial charge in [-0.15, -0.1) is 0 Å². The van der Waals surface area contributed by atoms with Crippen LogP contribution in [0.5, 0.6) is 0 Å². The largest absolute Gasteiger partial charge is 0.394 e. The van der Waals surface area contributed by atoms with Crippen LogP contribution in [0.1, 0.15) is 277 Å². The van der Waals surface area contributed by atoms with Gasteiger partial charge < -0.3 is 45.4 Å². The summed E-state index contributed by atoms with van der Waals surface area (Å²) in [5, 5.41) is 65.3. The standard InChI is InChI=1S/C54H107NO9/c1-3-5-7-9-11-13-15-16-17-18-19-20-21-22-23-24-25-26-27-28-29-30-31-33-35-37-39-41-43-49(58)55-46(45-63-54-53(62)52(61)51(60)48(44-56)64-54)50(59)47(57)42-40-38-36-34-32-14-12-10-8-6-4-2/h46-48,50-54,56-57,59-62H,3-45H2,1-2H3,(H,55,58)/t46-,47+,48+,50-,51-,52?,53?,54+/m0/s1. The van der Waals surface area contributed by atoms with E-state index in [4.69, 9.17) is 9.47 Å². The fraction of sp³-hybridized carbons (Fsp3) is 0.981. The van der Waals surface area contributed by atoms with Crippen LogP contribution in [0, 0.1) is 0 Å². The second-order valence-electron chi connectivity index (χ2n) is 19.9. The maximum absolute atomic E-state index is 13.0. The summed E-state index contributed by atoms with van der Waals surface area (Å²) in [6, 6.07) is -0.985. The topological polar surface area (TPSA) is 169 Å². The molecule has 10 nitrogen and oxygen atoms in total. The molecule has 0 spiro atoms. The summed E-state index contributed by atoms with van der Waals surface area (Å²) in [6.07, 6.45) is 41.4. The van der Waals surface area contributed by atoms with Gasteiger partial charge in [0.2, 0.25) is 5.91 Å². The number of amides is 1. The first-order valence-electron chi connectivity index (χ1n) is 27.8. The highest BCUT2D eigenvalue weighted by Crippen LogP contribution is 2.23. The SMILES string of the molecule is CCCCCCCCCCCCCCCCCCCCCCCCCCCCCCC(=O)N[C@@H](CO[C@@H]1O[C@H](CO)[C@H](O)C(O)C1O)[C@H](O)[C@H](O)CCCCCCCCCCCCC. The molecule has 2 unspecified atom stereocenters. The van der Waals surface area contributed by atoms with E-state index in [2.05, 4.69) is 19.2 Å². The number of hydrogen-bond acceptors (Lipinski definition) is 9. The van der Waals surface area contributed by atoms with Crippen molar-refractivity contribution in [3.63, 3.8) is 0 Å². The Labute approximate surface area is 394 Å². The number of unbranched alkanes of at least 4 members (excludes halogenated alkanes) is 37. The van der Waals surface area contributed by atoms with Crippen molar-refractivity contribution in [2.45, 2.75) is 326 Å².